The van der Waals surface area contributed by atoms with Gasteiger partial charge in [0.25, 0.3) is 0 Å². The van der Waals surface area contributed by atoms with Crippen LogP contribution in [0.25, 0.3) is 11.4 Å². The van der Waals surface area contributed by atoms with Gasteiger partial charge in [0.1, 0.15) is 5.76 Å². The number of carbonyl (C=O) groups is 1. The van der Waals surface area contributed by atoms with Crippen molar-refractivity contribution in [1.29, 1.82) is 0 Å². The predicted molar refractivity (Wildman–Crippen MR) is 107 cm³/mol. The fourth-order valence-corrected chi connectivity index (χ4v) is 3.43. The summed E-state index contributed by atoms with van der Waals surface area (Å²) in [5.41, 5.74) is 0.899. The summed E-state index contributed by atoms with van der Waals surface area (Å²) in [4.78, 5) is 12.4. The minimum atomic E-state index is -0.342. The second-order valence-electron chi connectivity index (χ2n) is 5.77. The number of nitrogens with one attached hydrogen (secondary N) is 1. The third-order valence-electron chi connectivity index (χ3n) is 3.80. The SMILES string of the molecule is C=CCn1c(S[C@H](C)C(=O)NCc2ccco2)nnc1-c1ccc(Cl)cc1. The molecule has 1 N–H and O–H groups in total. The van der Waals surface area contributed by atoms with Crippen molar-refractivity contribution in [1.82, 2.24) is 20.1 Å². The molecule has 0 aliphatic rings. The zero-order chi connectivity index (χ0) is 19.2. The van der Waals surface area contributed by atoms with Crippen molar-refractivity contribution in [2.75, 3.05) is 0 Å². The highest BCUT2D eigenvalue weighted by molar-refractivity contribution is 8.00. The number of carbonyl (C=O) groups excluding carboxylic acids is 1. The van der Waals surface area contributed by atoms with Crippen molar-refractivity contribution in [2.45, 2.75) is 30.4 Å². The van der Waals surface area contributed by atoms with Crippen LogP contribution < -0.4 is 5.32 Å². The molecule has 0 saturated carbocycles. The number of amides is 1. The Kier molecular flexibility index (Phi) is 6.36. The van der Waals surface area contributed by atoms with Gasteiger partial charge in [0.2, 0.25) is 5.91 Å². The fraction of sp³-hybridized carbons (Fsp3) is 0.211. The van der Waals surface area contributed by atoms with E-state index in [1.807, 2.05) is 29.7 Å². The normalized spacial score (nSPS) is 11.9. The Hall–Kier alpha value is -2.51. The number of halogens is 1. The van der Waals surface area contributed by atoms with Crippen LogP contribution in [0.3, 0.4) is 0 Å². The van der Waals surface area contributed by atoms with Crippen LogP contribution in [0.15, 0.2) is 64.9 Å². The second kappa shape index (κ2) is 8.92. The van der Waals surface area contributed by atoms with E-state index in [1.54, 1.807) is 30.5 Å². The van der Waals surface area contributed by atoms with E-state index in [-0.39, 0.29) is 11.2 Å². The van der Waals surface area contributed by atoms with E-state index in [2.05, 4.69) is 22.1 Å². The van der Waals surface area contributed by atoms with E-state index in [0.717, 1.165) is 5.56 Å². The van der Waals surface area contributed by atoms with Crippen LogP contribution in [0.4, 0.5) is 0 Å². The van der Waals surface area contributed by atoms with Gasteiger partial charge in [-0.3, -0.25) is 9.36 Å². The summed E-state index contributed by atoms with van der Waals surface area (Å²) in [6.45, 7) is 6.52. The third-order valence-corrected chi connectivity index (χ3v) is 5.13. The lowest BCUT2D eigenvalue weighted by atomic mass is 10.2. The zero-order valence-corrected chi connectivity index (χ0v) is 16.3. The van der Waals surface area contributed by atoms with Gasteiger partial charge in [0, 0.05) is 17.1 Å². The lowest BCUT2D eigenvalue weighted by molar-refractivity contribution is -0.120. The van der Waals surface area contributed by atoms with Crippen molar-refractivity contribution in [3.8, 4) is 11.4 Å². The first-order valence-corrected chi connectivity index (χ1v) is 9.61. The van der Waals surface area contributed by atoms with Crippen LogP contribution >= 0.6 is 23.4 Å². The van der Waals surface area contributed by atoms with Gasteiger partial charge in [-0.05, 0) is 43.3 Å². The monoisotopic (exact) mass is 402 g/mol. The topological polar surface area (TPSA) is 73.0 Å². The quantitative estimate of drug-likeness (QED) is 0.452. The van der Waals surface area contributed by atoms with E-state index in [4.69, 9.17) is 16.0 Å². The molecular weight excluding hydrogens is 384 g/mol. The van der Waals surface area contributed by atoms with Crippen molar-refractivity contribution in [3.63, 3.8) is 0 Å². The third kappa shape index (κ3) is 4.81. The number of hydrogen-bond acceptors (Lipinski definition) is 5. The molecule has 0 aliphatic carbocycles. The van der Waals surface area contributed by atoms with E-state index in [0.29, 0.717) is 34.9 Å². The molecule has 2 heterocycles. The van der Waals surface area contributed by atoms with Crippen LogP contribution in [0, 0.1) is 0 Å². The molecule has 1 atom stereocenters. The average Bonchev–Trinajstić information content (AvgIpc) is 3.31. The van der Waals surface area contributed by atoms with Crippen LogP contribution in [-0.4, -0.2) is 25.9 Å². The molecule has 6 nitrogen and oxygen atoms in total. The Morgan fingerprint density at radius 2 is 2.15 bits per heavy atom. The highest BCUT2D eigenvalue weighted by atomic mass is 35.5. The number of allylic oxidation sites excluding steroid dienone is 1. The Morgan fingerprint density at radius 3 is 2.81 bits per heavy atom. The van der Waals surface area contributed by atoms with Crippen LogP contribution in [0.2, 0.25) is 5.02 Å². The summed E-state index contributed by atoms with van der Waals surface area (Å²) in [7, 11) is 0. The van der Waals surface area contributed by atoms with Crippen LogP contribution in [0.5, 0.6) is 0 Å². The number of furan rings is 1. The van der Waals surface area contributed by atoms with E-state index in [9.17, 15) is 4.79 Å². The minimum absolute atomic E-state index is 0.0994. The van der Waals surface area contributed by atoms with Crippen molar-refractivity contribution < 1.29 is 9.21 Å². The molecule has 3 rings (SSSR count). The number of aromatic nitrogens is 3. The molecule has 27 heavy (non-hydrogen) atoms. The Morgan fingerprint density at radius 1 is 1.37 bits per heavy atom. The number of hydrogen-bond donors (Lipinski definition) is 1. The van der Waals surface area contributed by atoms with Crippen LogP contribution in [0.1, 0.15) is 12.7 Å². The molecule has 0 aliphatic heterocycles. The summed E-state index contributed by atoms with van der Waals surface area (Å²) in [6, 6.07) is 11.0. The smallest absolute Gasteiger partial charge is 0.233 e. The molecule has 140 valence electrons. The van der Waals surface area contributed by atoms with E-state index in [1.165, 1.54) is 11.8 Å². The number of nitrogens with zero attached hydrogens (tertiary/aromatic N) is 3. The molecule has 0 unspecified atom stereocenters. The Balaban J connectivity index is 1.72. The standard InChI is InChI=1S/C19H19ClN4O2S/c1-3-10-24-17(14-6-8-15(20)9-7-14)22-23-19(24)27-13(2)18(25)21-12-16-5-4-11-26-16/h3-9,11,13H,1,10,12H2,2H3,(H,21,25)/t13-/m1/s1. The maximum absolute atomic E-state index is 12.4. The average molecular weight is 403 g/mol. The molecule has 3 aromatic rings. The summed E-state index contributed by atoms with van der Waals surface area (Å²) in [6.07, 6.45) is 3.35. The maximum Gasteiger partial charge on any atom is 0.233 e. The molecule has 2 aromatic heterocycles. The summed E-state index contributed by atoms with van der Waals surface area (Å²) in [5.74, 6) is 1.32. The molecule has 0 radical (unpaired) electrons. The van der Waals surface area contributed by atoms with Crippen LogP contribution in [-0.2, 0) is 17.9 Å². The van der Waals surface area contributed by atoms with Gasteiger partial charge >= 0.3 is 0 Å². The van der Waals surface area contributed by atoms with Gasteiger partial charge in [-0.2, -0.15) is 0 Å². The van der Waals surface area contributed by atoms with Gasteiger partial charge in [-0.25, -0.2) is 0 Å². The molecule has 0 saturated heterocycles. The highest BCUT2D eigenvalue weighted by Crippen LogP contribution is 2.27. The molecule has 1 aromatic carbocycles. The first-order valence-electron chi connectivity index (χ1n) is 8.35. The molecule has 1 amide bonds. The maximum atomic E-state index is 12.4. The van der Waals surface area contributed by atoms with Crippen molar-refractivity contribution in [3.05, 3.63) is 66.1 Å². The molecular formula is C19H19ClN4O2S. The number of rotatable bonds is 8. The molecule has 0 fully saturated rings. The number of benzene rings is 1. The van der Waals surface area contributed by atoms with E-state index >= 15 is 0 Å². The number of thioether (sulfide) groups is 1. The van der Waals surface area contributed by atoms with Gasteiger partial charge in [0.15, 0.2) is 11.0 Å². The van der Waals surface area contributed by atoms with Crippen molar-refractivity contribution in [2.24, 2.45) is 0 Å². The van der Waals surface area contributed by atoms with Gasteiger partial charge in [-0.1, -0.05) is 29.4 Å². The predicted octanol–water partition coefficient (Wildman–Crippen LogP) is 4.17. The second-order valence-corrected chi connectivity index (χ2v) is 7.51. The molecule has 0 bridgehead atoms. The first-order chi connectivity index (χ1) is 13.1. The Bertz CT molecular complexity index is 906. The van der Waals surface area contributed by atoms with E-state index < -0.39 is 0 Å². The van der Waals surface area contributed by atoms with Gasteiger partial charge in [0.05, 0.1) is 18.1 Å². The van der Waals surface area contributed by atoms with Gasteiger partial charge in [-0.15, -0.1) is 16.8 Å². The summed E-state index contributed by atoms with van der Waals surface area (Å²) >= 11 is 7.31. The summed E-state index contributed by atoms with van der Waals surface area (Å²) < 4.78 is 7.15. The largest absolute Gasteiger partial charge is 0.467 e. The lowest BCUT2D eigenvalue weighted by Gasteiger charge is -2.12. The first kappa shape index (κ1) is 19.3. The molecule has 8 heteroatoms. The Labute approximate surface area is 166 Å². The lowest BCUT2D eigenvalue weighted by Crippen LogP contribution is -2.30. The highest BCUT2D eigenvalue weighted by Gasteiger charge is 2.20. The fourth-order valence-electron chi connectivity index (χ4n) is 2.42. The van der Waals surface area contributed by atoms with Crippen molar-refractivity contribution >= 4 is 29.3 Å². The molecule has 0 spiro atoms. The zero-order valence-electron chi connectivity index (χ0n) is 14.8. The van der Waals surface area contributed by atoms with Gasteiger partial charge < -0.3 is 9.73 Å². The summed E-state index contributed by atoms with van der Waals surface area (Å²) in [5, 5.41) is 12.4. The minimum Gasteiger partial charge on any atom is -0.467 e.